The highest BCUT2D eigenvalue weighted by Crippen LogP contribution is 2.35. The molecule has 2 saturated heterocycles. The summed E-state index contributed by atoms with van der Waals surface area (Å²) in [5.41, 5.74) is 0. The van der Waals surface area contributed by atoms with Crippen molar-refractivity contribution < 1.29 is 9.53 Å². The lowest BCUT2D eigenvalue weighted by Gasteiger charge is -2.31. The fourth-order valence-electron chi connectivity index (χ4n) is 3.00. The van der Waals surface area contributed by atoms with E-state index < -0.39 is 0 Å². The van der Waals surface area contributed by atoms with Crippen LogP contribution in [0.15, 0.2) is 12.1 Å². The summed E-state index contributed by atoms with van der Waals surface area (Å²) in [7, 11) is 0. The molecule has 0 bridgehead atoms. The third-order valence-corrected chi connectivity index (χ3v) is 5.09. The Morgan fingerprint density at radius 3 is 2.79 bits per heavy atom. The van der Waals surface area contributed by atoms with E-state index in [9.17, 15) is 4.79 Å². The molecule has 1 aromatic rings. The maximum atomic E-state index is 12.4. The van der Waals surface area contributed by atoms with Gasteiger partial charge in [-0.2, -0.15) is 0 Å². The highest BCUT2D eigenvalue weighted by molar-refractivity contribution is 7.12. The molecule has 4 atom stereocenters. The molecule has 3 heterocycles. The van der Waals surface area contributed by atoms with Gasteiger partial charge in [-0.1, -0.05) is 0 Å². The lowest BCUT2D eigenvalue weighted by Crippen LogP contribution is -2.43. The molecule has 4 nitrogen and oxygen atoms in total. The molecular formula is C14H20N2O2S. The SMILES string of the molecule is Cc1ccc(C2NC(C)C(=O)N2C2CCOC2C)s1. The van der Waals surface area contributed by atoms with Gasteiger partial charge in [0, 0.05) is 16.4 Å². The van der Waals surface area contributed by atoms with E-state index in [0.717, 1.165) is 13.0 Å². The third-order valence-electron chi connectivity index (χ3n) is 4.04. The summed E-state index contributed by atoms with van der Waals surface area (Å²) in [6.45, 7) is 6.85. The fourth-order valence-corrected chi connectivity index (χ4v) is 3.94. The number of thiophene rings is 1. The zero-order chi connectivity index (χ0) is 13.6. The third kappa shape index (κ3) is 2.20. The van der Waals surface area contributed by atoms with Gasteiger partial charge in [-0.05, 0) is 39.3 Å². The van der Waals surface area contributed by atoms with Gasteiger partial charge in [-0.3, -0.25) is 10.1 Å². The minimum absolute atomic E-state index is 0.00958. The molecule has 5 heteroatoms. The van der Waals surface area contributed by atoms with Crippen LogP contribution in [-0.2, 0) is 9.53 Å². The molecule has 19 heavy (non-hydrogen) atoms. The number of hydrogen-bond donors (Lipinski definition) is 1. The molecular weight excluding hydrogens is 260 g/mol. The first-order chi connectivity index (χ1) is 9.08. The molecule has 4 unspecified atom stereocenters. The van der Waals surface area contributed by atoms with Crippen LogP contribution in [0.25, 0.3) is 0 Å². The Kier molecular flexibility index (Phi) is 3.37. The monoisotopic (exact) mass is 280 g/mol. The van der Waals surface area contributed by atoms with Gasteiger partial charge in [0.05, 0.1) is 18.2 Å². The maximum Gasteiger partial charge on any atom is 0.241 e. The summed E-state index contributed by atoms with van der Waals surface area (Å²) >= 11 is 1.76. The topological polar surface area (TPSA) is 41.6 Å². The van der Waals surface area contributed by atoms with Gasteiger partial charge in [-0.25, -0.2) is 0 Å². The first-order valence-electron chi connectivity index (χ1n) is 6.84. The highest BCUT2D eigenvalue weighted by Gasteiger charge is 2.44. The summed E-state index contributed by atoms with van der Waals surface area (Å²) in [5.74, 6) is 0.193. The summed E-state index contributed by atoms with van der Waals surface area (Å²) in [6.07, 6.45) is 1.07. The zero-order valence-corrected chi connectivity index (χ0v) is 12.4. The van der Waals surface area contributed by atoms with Crippen molar-refractivity contribution >= 4 is 17.2 Å². The number of carbonyl (C=O) groups is 1. The minimum Gasteiger partial charge on any atom is -0.376 e. The van der Waals surface area contributed by atoms with E-state index in [2.05, 4.69) is 31.3 Å². The van der Waals surface area contributed by atoms with Crippen molar-refractivity contribution in [2.24, 2.45) is 0 Å². The van der Waals surface area contributed by atoms with Crippen molar-refractivity contribution in [3.8, 4) is 0 Å². The van der Waals surface area contributed by atoms with Crippen LogP contribution >= 0.6 is 11.3 Å². The van der Waals surface area contributed by atoms with Crippen LogP contribution in [0, 0.1) is 6.92 Å². The Balaban J connectivity index is 1.91. The van der Waals surface area contributed by atoms with Crippen LogP contribution in [0.4, 0.5) is 0 Å². The number of carbonyl (C=O) groups excluding carboxylic acids is 1. The molecule has 0 saturated carbocycles. The number of aryl methyl sites for hydroxylation is 1. The largest absolute Gasteiger partial charge is 0.376 e. The number of hydrogen-bond acceptors (Lipinski definition) is 4. The number of nitrogens with zero attached hydrogens (tertiary/aromatic N) is 1. The number of rotatable bonds is 2. The predicted octanol–water partition coefficient (Wildman–Crippen LogP) is 2.05. The van der Waals surface area contributed by atoms with E-state index in [1.54, 1.807) is 11.3 Å². The average Bonchev–Trinajstić information content (AvgIpc) is 3.03. The highest BCUT2D eigenvalue weighted by atomic mass is 32.1. The molecule has 1 aromatic heterocycles. The molecule has 1 amide bonds. The van der Waals surface area contributed by atoms with Crippen LogP contribution in [0.5, 0.6) is 0 Å². The smallest absolute Gasteiger partial charge is 0.241 e. The number of ether oxygens (including phenoxy) is 1. The van der Waals surface area contributed by atoms with Crippen molar-refractivity contribution in [1.29, 1.82) is 0 Å². The van der Waals surface area contributed by atoms with E-state index in [4.69, 9.17) is 4.74 Å². The fraction of sp³-hybridized carbons (Fsp3) is 0.643. The van der Waals surface area contributed by atoms with Crippen LogP contribution in [0.3, 0.4) is 0 Å². The van der Waals surface area contributed by atoms with Crippen molar-refractivity contribution in [2.45, 2.75) is 51.5 Å². The van der Waals surface area contributed by atoms with Gasteiger partial charge < -0.3 is 9.64 Å². The maximum absolute atomic E-state index is 12.4. The molecule has 1 N–H and O–H groups in total. The van der Waals surface area contributed by atoms with E-state index in [-0.39, 0.29) is 30.3 Å². The molecule has 3 rings (SSSR count). The Morgan fingerprint density at radius 2 is 2.21 bits per heavy atom. The first-order valence-corrected chi connectivity index (χ1v) is 7.65. The Hall–Kier alpha value is -0.910. The van der Waals surface area contributed by atoms with Gasteiger partial charge >= 0.3 is 0 Å². The Bertz CT molecular complexity index is 488. The Morgan fingerprint density at radius 1 is 1.42 bits per heavy atom. The molecule has 2 aliphatic heterocycles. The van der Waals surface area contributed by atoms with E-state index in [1.807, 2.05) is 11.8 Å². The molecule has 0 aromatic carbocycles. The van der Waals surface area contributed by atoms with Gasteiger partial charge in [0.2, 0.25) is 5.91 Å². The molecule has 0 spiro atoms. The van der Waals surface area contributed by atoms with Crippen LogP contribution in [-0.4, -0.2) is 35.6 Å². The van der Waals surface area contributed by atoms with Crippen LogP contribution in [0.2, 0.25) is 0 Å². The second kappa shape index (κ2) is 4.89. The van der Waals surface area contributed by atoms with Crippen molar-refractivity contribution in [2.75, 3.05) is 6.61 Å². The van der Waals surface area contributed by atoms with E-state index in [1.165, 1.54) is 9.75 Å². The molecule has 2 aliphatic rings. The molecule has 104 valence electrons. The van der Waals surface area contributed by atoms with Gasteiger partial charge in [0.1, 0.15) is 6.17 Å². The summed E-state index contributed by atoms with van der Waals surface area (Å²) in [4.78, 5) is 16.9. The van der Waals surface area contributed by atoms with Gasteiger partial charge in [-0.15, -0.1) is 11.3 Å². The average molecular weight is 280 g/mol. The standard InChI is InChI=1S/C14H20N2O2S/c1-8-4-5-12(19-8)13-15-9(2)14(17)16(13)11-6-7-18-10(11)3/h4-5,9-11,13,15H,6-7H2,1-3H3. The lowest BCUT2D eigenvalue weighted by atomic mass is 10.1. The van der Waals surface area contributed by atoms with Crippen molar-refractivity contribution in [3.63, 3.8) is 0 Å². The molecule has 0 radical (unpaired) electrons. The van der Waals surface area contributed by atoms with E-state index in [0.29, 0.717) is 0 Å². The van der Waals surface area contributed by atoms with Crippen molar-refractivity contribution in [3.05, 3.63) is 21.9 Å². The van der Waals surface area contributed by atoms with E-state index >= 15 is 0 Å². The number of amides is 1. The first kappa shape index (κ1) is 13.1. The summed E-state index contributed by atoms with van der Waals surface area (Å²) < 4.78 is 5.63. The van der Waals surface area contributed by atoms with Crippen molar-refractivity contribution in [1.82, 2.24) is 10.2 Å². The van der Waals surface area contributed by atoms with Crippen LogP contribution in [0.1, 0.15) is 36.2 Å². The lowest BCUT2D eigenvalue weighted by molar-refractivity contribution is -0.133. The number of nitrogens with one attached hydrogen (secondary N) is 1. The van der Waals surface area contributed by atoms with Crippen LogP contribution < -0.4 is 5.32 Å². The predicted molar refractivity (Wildman–Crippen MR) is 75.1 cm³/mol. The van der Waals surface area contributed by atoms with Gasteiger partial charge in [0.15, 0.2) is 0 Å². The normalized spacial score (nSPS) is 35.3. The summed E-state index contributed by atoms with van der Waals surface area (Å²) in [5, 5.41) is 3.41. The molecule has 2 fully saturated rings. The second-order valence-electron chi connectivity index (χ2n) is 5.42. The quantitative estimate of drug-likeness (QED) is 0.901. The summed E-state index contributed by atoms with van der Waals surface area (Å²) in [6, 6.07) is 4.32. The zero-order valence-electron chi connectivity index (χ0n) is 11.6. The minimum atomic E-state index is -0.111. The van der Waals surface area contributed by atoms with Gasteiger partial charge in [0.25, 0.3) is 0 Å². The Labute approximate surface area is 117 Å². The molecule has 0 aliphatic carbocycles. The second-order valence-corrected chi connectivity index (χ2v) is 6.74.